The van der Waals surface area contributed by atoms with Crippen molar-refractivity contribution in [1.29, 1.82) is 0 Å². The minimum absolute atomic E-state index is 0.322. The van der Waals surface area contributed by atoms with Crippen LogP contribution in [0.5, 0.6) is 28.7 Å². The zero-order valence-corrected chi connectivity index (χ0v) is 17.4. The van der Waals surface area contributed by atoms with Gasteiger partial charge in [-0.2, -0.15) is 0 Å². The van der Waals surface area contributed by atoms with E-state index in [1.807, 2.05) is 48.5 Å². The van der Waals surface area contributed by atoms with Crippen molar-refractivity contribution in [2.75, 3.05) is 14.2 Å². The Balaban J connectivity index is 1.74. The molecular weight excluding hydrogens is 398 g/mol. The van der Waals surface area contributed by atoms with Crippen molar-refractivity contribution >= 4 is 17.9 Å². The van der Waals surface area contributed by atoms with Crippen LogP contribution in [0, 0.1) is 0 Å². The summed E-state index contributed by atoms with van der Waals surface area (Å²) >= 11 is 0. The van der Waals surface area contributed by atoms with E-state index in [-0.39, 0.29) is 0 Å². The van der Waals surface area contributed by atoms with E-state index in [1.165, 1.54) is 14.0 Å². The number of hydrogen-bond acceptors (Lipinski definition) is 6. The average molecular weight is 421 g/mol. The number of carbonyl (C=O) groups is 1. The van der Waals surface area contributed by atoms with Crippen molar-refractivity contribution in [1.82, 2.24) is 0 Å². The number of carboxylic acids is 1. The fourth-order valence-corrected chi connectivity index (χ4v) is 2.67. The number of ether oxygens (including phenoxy) is 4. The van der Waals surface area contributed by atoms with Gasteiger partial charge < -0.3 is 24.1 Å². The van der Waals surface area contributed by atoms with Crippen LogP contribution in [-0.2, 0) is 4.79 Å². The molecular formula is C24H23NO6. The van der Waals surface area contributed by atoms with E-state index < -0.39 is 12.1 Å². The predicted octanol–water partition coefficient (Wildman–Crippen LogP) is 5.10. The van der Waals surface area contributed by atoms with Crippen LogP contribution in [0.4, 0.5) is 5.69 Å². The lowest BCUT2D eigenvalue weighted by Gasteiger charge is -2.15. The van der Waals surface area contributed by atoms with Crippen molar-refractivity contribution < 1.29 is 28.8 Å². The van der Waals surface area contributed by atoms with Gasteiger partial charge in [-0.1, -0.05) is 6.07 Å². The van der Waals surface area contributed by atoms with Gasteiger partial charge in [0.15, 0.2) is 17.6 Å². The van der Waals surface area contributed by atoms with E-state index in [1.54, 1.807) is 31.5 Å². The first-order valence-electron chi connectivity index (χ1n) is 9.52. The second kappa shape index (κ2) is 10.2. The van der Waals surface area contributed by atoms with E-state index in [4.69, 9.17) is 24.1 Å². The predicted molar refractivity (Wildman–Crippen MR) is 117 cm³/mol. The van der Waals surface area contributed by atoms with Gasteiger partial charge >= 0.3 is 5.97 Å². The Morgan fingerprint density at radius 1 is 0.903 bits per heavy atom. The molecule has 0 unspecified atom stereocenters. The maximum Gasteiger partial charge on any atom is 0.344 e. The van der Waals surface area contributed by atoms with Gasteiger partial charge in [0.1, 0.15) is 17.2 Å². The number of aliphatic imine (C=N–C) groups is 1. The van der Waals surface area contributed by atoms with Crippen LogP contribution >= 0.6 is 0 Å². The monoisotopic (exact) mass is 421 g/mol. The molecule has 0 bridgehead atoms. The fourth-order valence-electron chi connectivity index (χ4n) is 2.67. The highest BCUT2D eigenvalue weighted by molar-refractivity contribution is 5.87. The van der Waals surface area contributed by atoms with Gasteiger partial charge in [-0.3, -0.25) is 4.99 Å². The Morgan fingerprint density at radius 3 is 2.10 bits per heavy atom. The summed E-state index contributed by atoms with van der Waals surface area (Å²) in [7, 11) is 3.11. The second-order valence-electron chi connectivity index (χ2n) is 6.51. The van der Waals surface area contributed by atoms with Crippen LogP contribution in [0.2, 0.25) is 0 Å². The Labute approximate surface area is 180 Å². The summed E-state index contributed by atoms with van der Waals surface area (Å²) < 4.78 is 21.8. The van der Waals surface area contributed by atoms with Crippen LogP contribution in [0.3, 0.4) is 0 Å². The quantitative estimate of drug-likeness (QED) is 0.484. The fraction of sp³-hybridized carbons (Fsp3) is 0.167. The molecule has 3 rings (SSSR count). The van der Waals surface area contributed by atoms with Crippen molar-refractivity contribution in [3.8, 4) is 28.7 Å². The molecule has 0 amide bonds. The molecule has 0 spiro atoms. The Kier molecular flexibility index (Phi) is 7.11. The third-order valence-corrected chi connectivity index (χ3v) is 4.36. The molecule has 31 heavy (non-hydrogen) atoms. The van der Waals surface area contributed by atoms with Crippen LogP contribution in [0.1, 0.15) is 12.5 Å². The number of nitrogens with zero attached hydrogens (tertiary/aromatic N) is 1. The normalized spacial score (nSPS) is 11.7. The molecule has 0 saturated heterocycles. The summed E-state index contributed by atoms with van der Waals surface area (Å²) in [6.45, 7) is 1.46. The van der Waals surface area contributed by atoms with Gasteiger partial charge in [0.2, 0.25) is 0 Å². The van der Waals surface area contributed by atoms with E-state index >= 15 is 0 Å². The highest BCUT2D eigenvalue weighted by Crippen LogP contribution is 2.32. The van der Waals surface area contributed by atoms with E-state index in [2.05, 4.69) is 4.99 Å². The standard InChI is InChI=1S/C24H23NO6/c1-16(24(26)27)30-23-17(5-4-6-22(23)29-3)15-25-18-7-9-20(10-8-18)31-21-13-11-19(28-2)12-14-21/h4-16H,1-3H3,(H,26,27)/t16-/m1/s1. The maximum absolute atomic E-state index is 11.2. The number of rotatable bonds is 9. The Hall–Kier alpha value is -4.00. The largest absolute Gasteiger partial charge is 0.497 e. The summed E-state index contributed by atoms with van der Waals surface area (Å²) in [4.78, 5) is 15.6. The molecule has 3 aromatic rings. The maximum atomic E-state index is 11.2. The molecule has 1 atom stereocenters. The number of carboxylic acid groups (broad SMARTS) is 1. The molecule has 0 aromatic heterocycles. The smallest absolute Gasteiger partial charge is 0.344 e. The number of aliphatic carboxylic acids is 1. The minimum Gasteiger partial charge on any atom is -0.497 e. The molecule has 0 heterocycles. The first-order valence-corrected chi connectivity index (χ1v) is 9.52. The van der Waals surface area contributed by atoms with Crippen molar-refractivity contribution in [2.45, 2.75) is 13.0 Å². The highest BCUT2D eigenvalue weighted by atomic mass is 16.5. The van der Waals surface area contributed by atoms with Gasteiger partial charge in [-0.15, -0.1) is 0 Å². The van der Waals surface area contributed by atoms with Crippen LogP contribution < -0.4 is 18.9 Å². The van der Waals surface area contributed by atoms with Gasteiger partial charge in [0, 0.05) is 11.8 Å². The average Bonchev–Trinajstić information content (AvgIpc) is 2.79. The molecule has 7 nitrogen and oxygen atoms in total. The van der Waals surface area contributed by atoms with Gasteiger partial charge in [-0.05, 0) is 67.6 Å². The van der Waals surface area contributed by atoms with Crippen molar-refractivity contribution in [3.05, 3.63) is 72.3 Å². The Bertz CT molecular complexity index is 1040. The molecule has 7 heteroatoms. The van der Waals surface area contributed by atoms with Gasteiger partial charge in [0.05, 0.1) is 19.9 Å². The summed E-state index contributed by atoms with van der Waals surface area (Å²) in [6.07, 6.45) is 0.573. The van der Waals surface area contributed by atoms with Crippen LogP contribution in [-0.4, -0.2) is 37.6 Å². The SMILES string of the molecule is COc1ccc(Oc2ccc(N=Cc3cccc(OC)c3O[C@H](C)C(=O)O)cc2)cc1. The summed E-state index contributed by atoms with van der Waals surface area (Å²) in [5.41, 5.74) is 1.30. The summed E-state index contributed by atoms with van der Waals surface area (Å²) in [5.74, 6) is 1.81. The lowest BCUT2D eigenvalue weighted by Crippen LogP contribution is -2.23. The van der Waals surface area contributed by atoms with E-state index in [9.17, 15) is 4.79 Å². The minimum atomic E-state index is -1.07. The number of hydrogen-bond donors (Lipinski definition) is 1. The summed E-state index contributed by atoms with van der Waals surface area (Å²) in [5, 5.41) is 9.15. The molecule has 0 aliphatic rings. The zero-order chi connectivity index (χ0) is 22.2. The summed E-state index contributed by atoms with van der Waals surface area (Å²) in [6, 6.07) is 19.8. The molecule has 3 aromatic carbocycles. The van der Waals surface area contributed by atoms with Crippen molar-refractivity contribution in [2.24, 2.45) is 4.99 Å². The van der Waals surface area contributed by atoms with E-state index in [0.29, 0.717) is 34.2 Å². The van der Waals surface area contributed by atoms with Crippen molar-refractivity contribution in [3.63, 3.8) is 0 Å². The first-order chi connectivity index (χ1) is 15.0. The number of methoxy groups -OCH3 is 2. The highest BCUT2D eigenvalue weighted by Gasteiger charge is 2.17. The lowest BCUT2D eigenvalue weighted by atomic mass is 10.2. The van der Waals surface area contributed by atoms with Crippen LogP contribution in [0.25, 0.3) is 0 Å². The third-order valence-electron chi connectivity index (χ3n) is 4.36. The zero-order valence-electron chi connectivity index (χ0n) is 17.4. The van der Waals surface area contributed by atoms with Crippen LogP contribution in [0.15, 0.2) is 71.7 Å². The third kappa shape index (κ3) is 5.76. The van der Waals surface area contributed by atoms with Gasteiger partial charge in [-0.25, -0.2) is 4.79 Å². The second-order valence-corrected chi connectivity index (χ2v) is 6.51. The number of para-hydroxylation sites is 1. The molecule has 0 aliphatic heterocycles. The molecule has 0 aliphatic carbocycles. The molecule has 160 valence electrons. The molecule has 0 fully saturated rings. The topological polar surface area (TPSA) is 86.6 Å². The number of benzene rings is 3. The molecule has 1 N–H and O–H groups in total. The van der Waals surface area contributed by atoms with Gasteiger partial charge in [0.25, 0.3) is 0 Å². The lowest BCUT2D eigenvalue weighted by molar-refractivity contribution is -0.144. The first kappa shape index (κ1) is 21.7. The van der Waals surface area contributed by atoms with E-state index in [0.717, 1.165) is 5.75 Å². The molecule has 0 radical (unpaired) electrons. The Morgan fingerprint density at radius 2 is 1.52 bits per heavy atom. The molecule has 0 saturated carbocycles.